The standard InChI is InChI=1S/C10H18N2O/c1-2-3-10(11)7-12-6-9-4-5-13-8-9/h4-5,8,10,12H,2-3,6-7,11H2,1H3. The summed E-state index contributed by atoms with van der Waals surface area (Å²) >= 11 is 0. The van der Waals surface area contributed by atoms with Gasteiger partial charge in [0.1, 0.15) is 0 Å². The van der Waals surface area contributed by atoms with Crippen LogP contribution in [-0.4, -0.2) is 12.6 Å². The second kappa shape index (κ2) is 5.78. The summed E-state index contributed by atoms with van der Waals surface area (Å²) in [4.78, 5) is 0. The van der Waals surface area contributed by atoms with E-state index in [-0.39, 0.29) is 6.04 Å². The lowest BCUT2D eigenvalue weighted by atomic mass is 10.2. The molecule has 0 bridgehead atoms. The van der Waals surface area contributed by atoms with Crippen molar-refractivity contribution >= 4 is 0 Å². The molecule has 1 unspecified atom stereocenters. The van der Waals surface area contributed by atoms with Gasteiger partial charge in [-0.2, -0.15) is 0 Å². The van der Waals surface area contributed by atoms with Crippen LogP contribution in [0.1, 0.15) is 25.3 Å². The maximum atomic E-state index is 5.84. The van der Waals surface area contributed by atoms with Gasteiger partial charge in [0.05, 0.1) is 12.5 Å². The summed E-state index contributed by atoms with van der Waals surface area (Å²) in [6, 6.07) is 2.23. The highest BCUT2D eigenvalue weighted by Gasteiger charge is 2.00. The summed E-state index contributed by atoms with van der Waals surface area (Å²) in [6.45, 7) is 3.86. The molecule has 74 valence electrons. The largest absolute Gasteiger partial charge is 0.472 e. The average molecular weight is 182 g/mol. The minimum absolute atomic E-state index is 0.275. The first-order valence-electron chi connectivity index (χ1n) is 4.80. The summed E-state index contributed by atoms with van der Waals surface area (Å²) in [6.07, 6.45) is 5.66. The predicted molar refractivity (Wildman–Crippen MR) is 53.3 cm³/mol. The Kier molecular flexibility index (Phi) is 4.57. The average Bonchev–Trinajstić information content (AvgIpc) is 2.57. The molecule has 3 heteroatoms. The van der Waals surface area contributed by atoms with Crippen LogP contribution in [0.2, 0.25) is 0 Å². The van der Waals surface area contributed by atoms with Gasteiger partial charge in [-0.05, 0) is 12.5 Å². The van der Waals surface area contributed by atoms with Crippen LogP contribution >= 0.6 is 0 Å². The summed E-state index contributed by atoms with van der Waals surface area (Å²) < 4.78 is 4.95. The number of furan rings is 1. The first-order valence-corrected chi connectivity index (χ1v) is 4.80. The molecular formula is C10H18N2O. The maximum Gasteiger partial charge on any atom is 0.0947 e. The zero-order valence-electron chi connectivity index (χ0n) is 8.12. The van der Waals surface area contributed by atoms with Crippen molar-refractivity contribution < 1.29 is 4.42 Å². The van der Waals surface area contributed by atoms with E-state index in [0.717, 1.165) is 25.9 Å². The molecule has 0 aliphatic heterocycles. The van der Waals surface area contributed by atoms with Crippen molar-refractivity contribution in [1.82, 2.24) is 5.32 Å². The van der Waals surface area contributed by atoms with Crippen LogP contribution in [0, 0.1) is 0 Å². The monoisotopic (exact) mass is 182 g/mol. The summed E-state index contributed by atoms with van der Waals surface area (Å²) in [5, 5.41) is 3.29. The van der Waals surface area contributed by atoms with E-state index in [1.165, 1.54) is 5.56 Å². The van der Waals surface area contributed by atoms with Crippen molar-refractivity contribution in [3.63, 3.8) is 0 Å². The highest BCUT2D eigenvalue weighted by Crippen LogP contribution is 1.98. The topological polar surface area (TPSA) is 51.2 Å². The Morgan fingerprint density at radius 1 is 1.62 bits per heavy atom. The minimum atomic E-state index is 0.275. The molecule has 0 aliphatic rings. The Labute approximate surface area is 79.3 Å². The fourth-order valence-electron chi connectivity index (χ4n) is 1.27. The smallest absolute Gasteiger partial charge is 0.0947 e. The molecule has 13 heavy (non-hydrogen) atoms. The molecule has 0 saturated carbocycles. The molecule has 0 amide bonds. The van der Waals surface area contributed by atoms with E-state index in [2.05, 4.69) is 12.2 Å². The molecule has 0 fully saturated rings. The number of nitrogens with two attached hydrogens (primary N) is 1. The van der Waals surface area contributed by atoms with E-state index in [9.17, 15) is 0 Å². The minimum Gasteiger partial charge on any atom is -0.472 e. The summed E-state index contributed by atoms with van der Waals surface area (Å²) in [7, 11) is 0. The molecular weight excluding hydrogens is 164 g/mol. The molecule has 0 spiro atoms. The molecule has 0 radical (unpaired) electrons. The van der Waals surface area contributed by atoms with Crippen LogP contribution < -0.4 is 11.1 Å². The number of hydrogen-bond acceptors (Lipinski definition) is 3. The van der Waals surface area contributed by atoms with Crippen LogP contribution in [0.15, 0.2) is 23.0 Å². The van der Waals surface area contributed by atoms with Gasteiger partial charge >= 0.3 is 0 Å². The SMILES string of the molecule is CCCC(N)CNCc1ccoc1. The van der Waals surface area contributed by atoms with Crippen molar-refractivity contribution in [2.24, 2.45) is 5.73 Å². The van der Waals surface area contributed by atoms with Gasteiger partial charge in [0.15, 0.2) is 0 Å². The molecule has 0 aromatic carbocycles. The highest BCUT2D eigenvalue weighted by molar-refractivity contribution is 5.04. The van der Waals surface area contributed by atoms with Crippen LogP contribution in [0.25, 0.3) is 0 Å². The fourth-order valence-corrected chi connectivity index (χ4v) is 1.27. The van der Waals surface area contributed by atoms with Gasteiger partial charge in [-0.25, -0.2) is 0 Å². The molecule has 0 aliphatic carbocycles. The maximum absolute atomic E-state index is 5.84. The Morgan fingerprint density at radius 3 is 3.08 bits per heavy atom. The number of rotatable bonds is 6. The second-order valence-corrected chi connectivity index (χ2v) is 3.31. The third kappa shape index (κ3) is 4.10. The van der Waals surface area contributed by atoms with E-state index in [1.807, 2.05) is 6.07 Å². The first-order chi connectivity index (χ1) is 6.33. The Balaban J connectivity index is 2.07. The van der Waals surface area contributed by atoms with Gasteiger partial charge in [-0.3, -0.25) is 0 Å². The van der Waals surface area contributed by atoms with Crippen LogP contribution in [0.4, 0.5) is 0 Å². The molecule has 0 saturated heterocycles. The molecule has 1 atom stereocenters. The van der Waals surface area contributed by atoms with Crippen molar-refractivity contribution in [3.05, 3.63) is 24.2 Å². The van der Waals surface area contributed by atoms with E-state index in [0.29, 0.717) is 0 Å². The van der Waals surface area contributed by atoms with Gasteiger partial charge < -0.3 is 15.5 Å². The second-order valence-electron chi connectivity index (χ2n) is 3.31. The zero-order chi connectivity index (χ0) is 9.52. The first kappa shape index (κ1) is 10.3. The fraction of sp³-hybridized carbons (Fsp3) is 0.600. The van der Waals surface area contributed by atoms with Crippen LogP contribution in [0.3, 0.4) is 0 Å². The molecule has 1 aromatic rings. The van der Waals surface area contributed by atoms with Crippen molar-refractivity contribution in [2.45, 2.75) is 32.4 Å². The van der Waals surface area contributed by atoms with Gasteiger partial charge in [0.25, 0.3) is 0 Å². The van der Waals surface area contributed by atoms with E-state index < -0.39 is 0 Å². The molecule has 1 aromatic heterocycles. The van der Waals surface area contributed by atoms with Crippen molar-refractivity contribution in [1.29, 1.82) is 0 Å². The lowest BCUT2D eigenvalue weighted by Gasteiger charge is -2.10. The summed E-state index contributed by atoms with van der Waals surface area (Å²) in [5.41, 5.74) is 7.01. The molecule has 3 N–H and O–H groups in total. The normalized spacial score (nSPS) is 13.1. The van der Waals surface area contributed by atoms with Crippen molar-refractivity contribution in [3.8, 4) is 0 Å². The molecule has 1 heterocycles. The van der Waals surface area contributed by atoms with Gasteiger partial charge in [0.2, 0.25) is 0 Å². The Bertz CT molecular complexity index is 209. The lowest BCUT2D eigenvalue weighted by Crippen LogP contribution is -2.33. The zero-order valence-corrected chi connectivity index (χ0v) is 8.12. The van der Waals surface area contributed by atoms with Crippen molar-refractivity contribution in [2.75, 3.05) is 6.54 Å². The summed E-state index contributed by atoms with van der Waals surface area (Å²) in [5.74, 6) is 0. The molecule has 3 nitrogen and oxygen atoms in total. The van der Waals surface area contributed by atoms with E-state index in [4.69, 9.17) is 10.2 Å². The van der Waals surface area contributed by atoms with Crippen LogP contribution in [0.5, 0.6) is 0 Å². The van der Waals surface area contributed by atoms with E-state index >= 15 is 0 Å². The van der Waals surface area contributed by atoms with Gasteiger partial charge in [-0.1, -0.05) is 13.3 Å². The predicted octanol–water partition coefficient (Wildman–Crippen LogP) is 1.50. The van der Waals surface area contributed by atoms with Gasteiger partial charge in [-0.15, -0.1) is 0 Å². The van der Waals surface area contributed by atoms with E-state index in [1.54, 1.807) is 12.5 Å². The van der Waals surface area contributed by atoms with Gasteiger partial charge in [0, 0.05) is 24.7 Å². The van der Waals surface area contributed by atoms with Crippen LogP contribution in [-0.2, 0) is 6.54 Å². The highest BCUT2D eigenvalue weighted by atomic mass is 16.3. The number of hydrogen-bond donors (Lipinski definition) is 2. The Hall–Kier alpha value is -0.800. The third-order valence-electron chi connectivity index (χ3n) is 1.98. The Morgan fingerprint density at radius 2 is 2.46 bits per heavy atom. The quantitative estimate of drug-likeness (QED) is 0.701. The lowest BCUT2D eigenvalue weighted by molar-refractivity contribution is 0.531. The third-order valence-corrected chi connectivity index (χ3v) is 1.98. The number of nitrogens with one attached hydrogen (secondary N) is 1. The molecule has 1 rings (SSSR count).